The van der Waals surface area contributed by atoms with Gasteiger partial charge in [0, 0.05) is 36.4 Å². The standard InChI is InChI=1S/C21H17N7O3/c29-21(24-18-9-10-22-19(23-18)11-14-5-2-1-3-6-14)25-20-13-17(26-27-20)15-7-4-8-16(12-15)28(30)31/h1-10,12-13H,11H2,(H3,22,23,24,25,26,27,29). The number of hydrogen-bond donors (Lipinski definition) is 3. The number of non-ortho nitro benzene ring substituents is 1. The van der Waals surface area contributed by atoms with Gasteiger partial charge in [-0.3, -0.25) is 25.8 Å². The zero-order valence-corrected chi connectivity index (χ0v) is 16.1. The van der Waals surface area contributed by atoms with E-state index in [0.717, 1.165) is 5.56 Å². The van der Waals surface area contributed by atoms with E-state index >= 15 is 0 Å². The van der Waals surface area contributed by atoms with Crippen LogP contribution in [0, 0.1) is 10.1 Å². The molecule has 0 atom stereocenters. The van der Waals surface area contributed by atoms with Crippen molar-refractivity contribution in [1.29, 1.82) is 0 Å². The van der Waals surface area contributed by atoms with E-state index in [1.807, 2.05) is 30.3 Å². The molecule has 0 unspecified atom stereocenters. The van der Waals surface area contributed by atoms with Crippen molar-refractivity contribution < 1.29 is 9.72 Å². The largest absolute Gasteiger partial charge is 0.326 e. The predicted octanol–water partition coefficient (Wildman–Crippen LogP) is 4.01. The van der Waals surface area contributed by atoms with Gasteiger partial charge < -0.3 is 0 Å². The second-order valence-corrected chi connectivity index (χ2v) is 6.57. The van der Waals surface area contributed by atoms with Crippen molar-refractivity contribution in [2.75, 3.05) is 10.6 Å². The molecule has 0 radical (unpaired) electrons. The minimum absolute atomic E-state index is 0.0329. The number of aromatic amines is 1. The average molecular weight is 415 g/mol. The Balaban J connectivity index is 1.40. The Kier molecular flexibility index (Phi) is 5.61. The van der Waals surface area contributed by atoms with Gasteiger partial charge in [-0.2, -0.15) is 5.10 Å². The number of nitro groups is 1. The van der Waals surface area contributed by atoms with E-state index in [2.05, 4.69) is 30.8 Å². The lowest BCUT2D eigenvalue weighted by molar-refractivity contribution is -0.384. The highest BCUT2D eigenvalue weighted by Gasteiger charge is 2.11. The third-order valence-electron chi connectivity index (χ3n) is 4.34. The molecule has 10 heteroatoms. The molecule has 4 aromatic rings. The van der Waals surface area contributed by atoms with E-state index in [4.69, 9.17) is 0 Å². The van der Waals surface area contributed by atoms with Gasteiger partial charge in [0.1, 0.15) is 11.6 Å². The number of nitrogens with zero attached hydrogens (tertiary/aromatic N) is 4. The first-order chi connectivity index (χ1) is 15.1. The number of nitrogens with one attached hydrogen (secondary N) is 3. The summed E-state index contributed by atoms with van der Waals surface area (Å²) in [6.45, 7) is 0. The van der Waals surface area contributed by atoms with E-state index in [1.54, 1.807) is 30.5 Å². The van der Waals surface area contributed by atoms with Gasteiger partial charge in [0.05, 0.1) is 10.6 Å². The Morgan fingerprint density at radius 3 is 2.61 bits per heavy atom. The molecule has 0 bridgehead atoms. The zero-order chi connectivity index (χ0) is 21.6. The van der Waals surface area contributed by atoms with Crippen LogP contribution in [-0.4, -0.2) is 31.1 Å². The van der Waals surface area contributed by atoms with Crippen LogP contribution in [0.15, 0.2) is 72.9 Å². The number of nitro benzene ring substituents is 1. The van der Waals surface area contributed by atoms with Gasteiger partial charge >= 0.3 is 6.03 Å². The highest BCUT2D eigenvalue weighted by molar-refractivity contribution is 5.98. The number of amides is 2. The van der Waals surface area contributed by atoms with Crippen LogP contribution >= 0.6 is 0 Å². The van der Waals surface area contributed by atoms with Crippen LogP contribution in [0.2, 0.25) is 0 Å². The van der Waals surface area contributed by atoms with Crippen LogP contribution < -0.4 is 10.6 Å². The van der Waals surface area contributed by atoms with Crippen LogP contribution in [0.5, 0.6) is 0 Å². The summed E-state index contributed by atoms with van der Waals surface area (Å²) in [6, 6.07) is 18.5. The van der Waals surface area contributed by atoms with Crippen LogP contribution in [0.3, 0.4) is 0 Å². The van der Waals surface area contributed by atoms with E-state index in [9.17, 15) is 14.9 Å². The van der Waals surface area contributed by atoms with E-state index < -0.39 is 11.0 Å². The van der Waals surface area contributed by atoms with Crippen LogP contribution in [-0.2, 0) is 6.42 Å². The molecule has 0 fully saturated rings. The number of hydrogen-bond acceptors (Lipinski definition) is 6. The van der Waals surface area contributed by atoms with E-state index in [0.29, 0.717) is 29.3 Å². The summed E-state index contributed by atoms with van der Waals surface area (Å²) >= 11 is 0. The van der Waals surface area contributed by atoms with Crippen molar-refractivity contribution in [1.82, 2.24) is 20.2 Å². The molecular formula is C21H17N7O3. The highest BCUT2D eigenvalue weighted by Crippen LogP contribution is 2.24. The molecule has 2 amide bonds. The van der Waals surface area contributed by atoms with Gasteiger partial charge in [0.25, 0.3) is 5.69 Å². The lowest BCUT2D eigenvalue weighted by atomic mass is 10.1. The van der Waals surface area contributed by atoms with E-state index in [-0.39, 0.29) is 11.5 Å². The number of benzene rings is 2. The average Bonchev–Trinajstić information content (AvgIpc) is 3.23. The van der Waals surface area contributed by atoms with Crippen molar-refractivity contribution >= 4 is 23.4 Å². The molecule has 3 N–H and O–H groups in total. The smallest absolute Gasteiger partial charge is 0.292 e. The summed E-state index contributed by atoms with van der Waals surface area (Å²) in [5, 5.41) is 23.0. The third kappa shape index (κ3) is 5.07. The predicted molar refractivity (Wildman–Crippen MR) is 115 cm³/mol. The molecule has 0 saturated heterocycles. The minimum Gasteiger partial charge on any atom is -0.292 e. The molecule has 0 spiro atoms. The maximum Gasteiger partial charge on any atom is 0.326 e. The number of H-pyrrole nitrogens is 1. The fourth-order valence-electron chi connectivity index (χ4n) is 2.92. The normalized spacial score (nSPS) is 10.5. The van der Waals surface area contributed by atoms with Gasteiger partial charge in [0.15, 0.2) is 5.82 Å². The van der Waals surface area contributed by atoms with Gasteiger partial charge in [-0.25, -0.2) is 14.8 Å². The molecule has 0 saturated carbocycles. The van der Waals surface area contributed by atoms with Crippen LogP contribution in [0.1, 0.15) is 11.4 Å². The Labute approximate surface area is 176 Å². The number of anilines is 2. The Bertz CT molecular complexity index is 1220. The monoisotopic (exact) mass is 415 g/mol. The quantitative estimate of drug-likeness (QED) is 0.321. The number of carbonyl (C=O) groups is 1. The van der Waals surface area contributed by atoms with Crippen LogP contribution in [0.4, 0.5) is 22.1 Å². The SMILES string of the molecule is O=C(Nc1cc(-c2cccc([N+](=O)[O-])c2)[nH]n1)Nc1ccnc(Cc2ccccc2)n1. The molecule has 2 heterocycles. The van der Waals surface area contributed by atoms with Crippen molar-refractivity contribution in [3.05, 3.63) is 94.4 Å². The lowest BCUT2D eigenvalue weighted by Crippen LogP contribution is -2.20. The fourth-order valence-corrected chi connectivity index (χ4v) is 2.92. The number of rotatable bonds is 6. The van der Waals surface area contributed by atoms with Gasteiger partial charge in [-0.1, -0.05) is 42.5 Å². The molecule has 0 aliphatic rings. The molecular weight excluding hydrogens is 398 g/mol. The summed E-state index contributed by atoms with van der Waals surface area (Å²) in [5.74, 6) is 1.20. The summed E-state index contributed by atoms with van der Waals surface area (Å²) in [7, 11) is 0. The molecule has 0 aliphatic heterocycles. The first-order valence-electron chi connectivity index (χ1n) is 9.31. The number of urea groups is 1. The molecule has 10 nitrogen and oxygen atoms in total. The van der Waals surface area contributed by atoms with Crippen LogP contribution in [0.25, 0.3) is 11.3 Å². The summed E-state index contributed by atoms with van der Waals surface area (Å²) in [5.41, 5.74) is 2.14. The first kappa shape index (κ1) is 19.7. The molecule has 2 aromatic carbocycles. The number of aromatic nitrogens is 4. The summed E-state index contributed by atoms with van der Waals surface area (Å²) in [4.78, 5) is 31.4. The van der Waals surface area contributed by atoms with Crippen molar-refractivity contribution in [2.45, 2.75) is 6.42 Å². The molecule has 31 heavy (non-hydrogen) atoms. The first-order valence-corrected chi connectivity index (χ1v) is 9.31. The van der Waals surface area contributed by atoms with E-state index in [1.165, 1.54) is 12.1 Å². The second kappa shape index (κ2) is 8.82. The van der Waals surface area contributed by atoms with Gasteiger partial charge in [-0.05, 0) is 11.6 Å². The number of carbonyl (C=O) groups excluding carboxylic acids is 1. The summed E-state index contributed by atoms with van der Waals surface area (Å²) in [6.07, 6.45) is 2.12. The van der Waals surface area contributed by atoms with Crippen molar-refractivity contribution in [3.8, 4) is 11.3 Å². The Hall–Kier alpha value is -4.60. The molecule has 2 aromatic heterocycles. The minimum atomic E-state index is -0.526. The molecule has 0 aliphatic carbocycles. The Morgan fingerprint density at radius 1 is 1.00 bits per heavy atom. The topological polar surface area (TPSA) is 139 Å². The molecule has 154 valence electrons. The highest BCUT2D eigenvalue weighted by atomic mass is 16.6. The Morgan fingerprint density at radius 2 is 1.81 bits per heavy atom. The third-order valence-corrected chi connectivity index (χ3v) is 4.34. The lowest BCUT2D eigenvalue weighted by Gasteiger charge is -2.06. The van der Waals surface area contributed by atoms with Crippen molar-refractivity contribution in [2.24, 2.45) is 0 Å². The second-order valence-electron chi connectivity index (χ2n) is 6.57. The van der Waals surface area contributed by atoms with Gasteiger partial charge in [-0.15, -0.1) is 0 Å². The van der Waals surface area contributed by atoms with Crippen molar-refractivity contribution in [3.63, 3.8) is 0 Å². The molecule has 4 rings (SSSR count). The summed E-state index contributed by atoms with van der Waals surface area (Å²) < 4.78 is 0. The maximum atomic E-state index is 12.3. The zero-order valence-electron chi connectivity index (χ0n) is 16.1. The maximum absolute atomic E-state index is 12.3. The van der Waals surface area contributed by atoms with Gasteiger partial charge in [0.2, 0.25) is 0 Å². The fraction of sp³-hybridized carbons (Fsp3) is 0.0476.